The first-order valence-corrected chi connectivity index (χ1v) is 16.8. The summed E-state index contributed by atoms with van der Waals surface area (Å²) in [7, 11) is 0. The zero-order valence-corrected chi connectivity index (χ0v) is 25.4. The molecule has 212 valence electrons. The highest BCUT2D eigenvalue weighted by atomic mass is 15.1. The molecule has 0 N–H and O–H groups in total. The lowest BCUT2D eigenvalue weighted by Gasteiger charge is -2.22. The monoisotopic (exact) mass is 503 g/mol. The molecule has 0 saturated carbocycles. The van der Waals surface area contributed by atoms with Crippen LogP contribution in [0.4, 0.5) is 0 Å². The average Bonchev–Trinajstić information content (AvgIpc) is 3.38. The van der Waals surface area contributed by atoms with Crippen LogP contribution in [0.5, 0.6) is 0 Å². The van der Waals surface area contributed by atoms with Crippen molar-refractivity contribution in [3.63, 3.8) is 0 Å². The highest BCUT2D eigenvalue weighted by molar-refractivity contribution is 5.02. The Balaban J connectivity index is 2.44. The standard InChI is InChI=1S/C34H66N2/c1-5-8-11-14-16-17-18-19-20-23-26-29-33(28-25-22-15-12-9-6-2)34-35-30-31-36(34)32(4)27-24-21-13-10-7-3/h30-33H,5-29H2,1-4H3. The molecular weight excluding hydrogens is 436 g/mol. The Hall–Kier alpha value is -0.790. The lowest BCUT2D eigenvalue weighted by molar-refractivity contribution is 0.413. The van der Waals surface area contributed by atoms with Crippen molar-refractivity contribution < 1.29 is 0 Å². The normalized spacial score (nSPS) is 13.3. The molecule has 0 aliphatic carbocycles. The van der Waals surface area contributed by atoms with Crippen molar-refractivity contribution >= 4 is 0 Å². The third-order valence-electron chi connectivity index (χ3n) is 8.33. The van der Waals surface area contributed by atoms with E-state index in [1.807, 2.05) is 0 Å². The van der Waals surface area contributed by atoms with Crippen molar-refractivity contribution in [2.45, 2.75) is 200 Å². The molecule has 2 heteroatoms. The van der Waals surface area contributed by atoms with Gasteiger partial charge >= 0.3 is 0 Å². The van der Waals surface area contributed by atoms with Gasteiger partial charge in [-0.3, -0.25) is 0 Å². The molecule has 1 rings (SSSR count). The topological polar surface area (TPSA) is 17.8 Å². The van der Waals surface area contributed by atoms with Crippen molar-refractivity contribution in [1.82, 2.24) is 9.55 Å². The molecule has 2 unspecified atom stereocenters. The lowest BCUT2D eigenvalue weighted by atomic mass is 9.92. The second-order valence-electron chi connectivity index (χ2n) is 11.8. The largest absolute Gasteiger partial charge is 0.332 e. The van der Waals surface area contributed by atoms with Gasteiger partial charge in [-0.1, -0.05) is 162 Å². The van der Waals surface area contributed by atoms with E-state index in [-0.39, 0.29) is 0 Å². The summed E-state index contributed by atoms with van der Waals surface area (Å²) in [5.74, 6) is 2.06. The van der Waals surface area contributed by atoms with Crippen LogP contribution < -0.4 is 0 Å². The smallest absolute Gasteiger partial charge is 0.111 e. The molecule has 0 spiro atoms. The number of aromatic nitrogens is 2. The van der Waals surface area contributed by atoms with Crippen LogP contribution in [0.15, 0.2) is 12.4 Å². The SMILES string of the molecule is CCCCCCCCCCCCCC(CCCCCCCC)c1nccn1C(C)CCCCCCC. The van der Waals surface area contributed by atoms with E-state index in [0.717, 1.165) is 0 Å². The summed E-state index contributed by atoms with van der Waals surface area (Å²) >= 11 is 0. The Labute approximate surface area is 227 Å². The van der Waals surface area contributed by atoms with Gasteiger partial charge in [0.05, 0.1) is 0 Å². The highest BCUT2D eigenvalue weighted by Crippen LogP contribution is 2.30. The van der Waals surface area contributed by atoms with Crippen LogP contribution in [0.25, 0.3) is 0 Å². The number of imidazole rings is 1. The molecule has 2 atom stereocenters. The molecule has 1 heterocycles. The first kappa shape index (κ1) is 33.2. The van der Waals surface area contributed by atoms with Gasteiger partial charge in [0.1, 0.15) is 5.82 Å². The molecule has 36 heavy (non-hydrogen) atoms. The maximum Gasteiger partial charge on any atom is 0.111 e. The van der Waals surface area contributed by atoms with E-state index >= 15 is 0 Å². The van der Waals surface area contributed by atoms with Crippen molar-refractivity contribution in [2.24, 2.45) is 0 Å². The van der Waals surface area contributed by atoms with Gasteiger partial charge in [0.2, 0.25) is 0 Å². The summed E-state index contributed by atoms with van der Waals surface area (Å²) in [5, 5.41) is 0. The fourth-order valence-electron chi connectivity index (χ4n) is 5.82. The predicted octanol–water partition coefficient (Wildman–Crippen LogP) is 12.3. The van der Waals surface area contributed by atoms with Crippen LogP contribution in [0.1, 0.15) is 206 Å². The quantitative estimate of drug-likeness (QED) is 0.109. The summed E-state index contributed by atoms with van der Waals surface area (Å²) in [6.07, 6.45) is 39.3. The van der Waals surface area contributed by atoms with Gasteiger partial charge in [-0.05, 0) is 26.2 Å². The Bertz CT molecular complexity index is 563. The maximum atomic E-state index is 4.96. The number of hydrogen-bond donors (Lipinski definition) is 0. The van der Waals surface area contributed by atoms with Gasteiger partial charge < -0.3 is 4.57 Å². The van der Waals surface area contributed by atoms with Crippen LogP contribution in [0.2, 0.25) is 0 Å². The van der Waals surface area contributed by atoms with Crippen LogP contribution in [0, 0.1) is 0 Å². The molecule has 0 bridgehead atoms. The minimum absolute atomic E-state index is 0.591. The Kier molecular flexibility index (Phi) is 22.7. The summed E-state index contributed by atoms with van der Waals surface area (Å²) < 4.78 is 2.56. The van der Waals surface area contributed by atoms with E-state index in [9.17, 15) is 0 Å². The highest BCUT2D eigenvalue weighted by Gasteiger charge is 2.19. The zero-order valence-electron chi connectivity index (χ0n) is 25.4. The van der Waals surface area contributed by atoms with Gasteiger partial charge in [-0.25, -0.2) is 4.98 Å². The molecule has 0 fully saturated rings. The second-order valence-corrected chi connectivity index (χ2v) is 11.8. The fraction of sp³-hybridized carbons (Fsp3) is 0.912. The summed E-state index contributed by atoms with van der Waals surface area (Å²) in [6.45, 7) is 9.35. The molecule has 1 aromatic heterocycles. The molecule has 0 amide bonds. The molecule has 0 aliphatic heterocycles. The van der Waals surface area contributed by atoms with E-state index < -0.39 is 0 Å². The Morgan fingerprint density at radius 2 is 0.889 bits per heavy atom. The van der Waals surface area contributed by atoms with E-state index in [4.69, 9.17) is 4.98 Å². The van der Waals surface area contributed by atoms with E-state index in [0.29, 0.717) is 12.0 Å². The predicted molar refractivity (Wildman–Crippen MR) is 162 cm³/mol. The summed E-state index contributed by atoms with van der Waals surface area (Å²) in [5.41, 5.74) is 0. The summed E-state index contributed by atoms with van der Waals surface area (Å²) in [4.78, 5) is 4.96. The maximum absolute atomic E-state index is 4.96. The van der Waals surface area contributed by atoms with E-state index in [1.165, 1.54) is 166 Å². The zero-order chi connectivity index (χ0) is 26.1. The molecule has 0 aliphatic rings. The van der Waals surface area contributed by atoms with Crippen molar-refractivity contribution in [3.05, 3.63) is 18.2 Å². The first-order valence-electron chi connectivity index (χ1n) is 16.8. The summed E-state index contributed by atoms with van der Waals surface area (Å²) in [6, 6.07) is 0.591. The average molecular weight is 503 g/mol. The number of hydrogen-bond acceptors (Lipinski definition) is 1. The molecule has 0 radical (unpaired) electrons. The van der Waals surface area contributed by atoms with Crippen LogP contribution in [0.3, 0.4) is 0 Å². The Morgan fingerprint density at radius 3 is 1.31 bits per heavy atom. The van der Waals surface area contributed by atoms with Crippen molar-refractivity contribution in [2.75, 3.05) is 0 Å². The van der Waals surface area contributed by atoms with E-state index in [1.54, 1.807) is 0 Å². The minimum atomic E-state index is 0.591. The van der Waals surface area contributed by atoms with Crippen LogP contribution in [-0.2, 0) is 0 Å². The minimum Gasteiger partial charge on any atom is -0.332 e. The van der Waals surface area contributed by atoms with Crippen molar-refractivity contribution in [1.29, 1.82) is 0 Å². The second kappa shape index (κ2) is 24.5. The number of unbranched alkanes of at least 4 members (excludes halogenated alkanes) is 19. The number of nitrogens with zero attached hydrogens (tertiary/aromatic N) is 2. The fourth-order valence-corrected chi connectivity index (χ4v) is 5.82. The van der Waals surface area contributed by atoms with Gasteiger partial charge in [-0.15, -0.1) is 0 Å². The molecule has 2 nitrogen and oxygen atoms in total. The third kappa shape index (κ3) is 16.9. The molecule has 0 aromatic carbocycles. The molecular formula is C34H66N2. The van der Waals surface area contributed by atoms with Gasteiger partial charge in [-0.2, -0.15) is 0 Å². The lowest BCUT2D eigenvalue weighted by Crippen LogP contribution is -2.13. The van der Waals surface area contributed by atoms with Gasteiger partial charge in [0, 0.05) is 24.4 Å². The van der Waals surface area contributed by atoms with Crippen LogP contribution >= 0.6 is 0 Å². The van der Waals surface area contributed by atoms with E-state index in [2.05, 4.69) is 44.7 Å². The van der Waals surface area contributed by atoms with Crippen LogP contribution in [-0.4, -0.2) is 9.55 Å². The van der Waals surface area contributed by atoms with Crippen molar-refractivity contribution in [3.8, 4) is 0 Å². The molecule has 0 saturated heterocycles. The van der Waals surface area contributed by atoms with Gasteiger partial charge in [0.15, 0.2) is 0 Å². The first-order chi connectivity index (χ1) is 17.7. The number of rotatable bonds is 27. The third-order valence-corrected chi connectivity index (χ3v) is 8.33. The Morgan fingerprint density at radius 1 is 0.528 bits per heavy atom. The molecule has 1 aromatic rings. The van der Waals surface area contributed by atoms with Gasteiger partial charge in [0.25, 0.3) is 0 Å².